The van der Waals surface area contributed by atoms with Gasteiger partial charge in [0.25, 0.3) is 17.7 Å². The number of carboxylic acid groups (broad SMARTS) is 1. The van der Waals surface area contributed by atoms with Crippen molar-refractivity contribution in [2.24, 2.45) is 5.84 Å². The van der Waals surface area contributed by atoms with Gasteiger partial charge in [0.05, 0.1) is 25.4 Å². The number of para-hydroxylation sites is 1. The van der Waals surface area contributed by atoms with E-state index in [1.54, 1.807) is 72.8 Å². The fraction of sp³-hybridized carbons (Fsp3) is 0.163. The number of anilines is 2. The van der Waals surface area contributed by atoms with Gasteiger partial charge in [-0.1, -0.05) is 96.1 Å². The summed E-state index contributed by atoms with van der Waals surface area (Å²) < 4.78 is 0. The number of hydrogen-bond acceptors (Lipinski definition) is 12. The Balaban J connectivity index is 0.000000317. The van der Waals surface area contributed by atoms with Crippen molar-refractivity contribution in [1.82, 2.24) is 31.4 Å². The number of fused-ring (bicyclic) bond motifs is 1. The highest BCUT2D eigenvalue weighted by Crippen LogP contribution is 2.29. The number of nitrogens with zero attached hydrogens (tertiary/aromatic N) is 5. The van der Waals surface area contributed by atoms with Gasteiger partial charge in [0.15, 0.2) is 6.04 Å². The number of amides is 3. The first-order valence-electron chi connectivity index (χ1n) is 18.3. The second-order valence-electron chi connectivity index (χ2n) is 12.7. The zero-order chi connectivity index (χ0) is 46.5. The third-order valence-electron chi connectivity index (χ3n) is 8.13. The second kappa shape index (κ2) is 26.5. The Hall–Kier alpha value is -7.78. The number of carboxylic acids is 1. The van der Waals surface area contributed by atoms with Crippen LogP contribution in [0.25, 0.3) is 20.7 Å². The molecule has 4 atom stereocenters. The van der Waals surface area contributed by atoms with Crippen molar-refractivity contribution in [1.29, 1.82) is 0 Å². The smallest absolute Gasteiger partial charge is 0.328 e. The van der Waals surface area contributed by atoms with Crippen molar-refractivity contribution in [2.45, 2.75) is 45.6 Å². The predicted octanol–water partition coefficient (Wildman–Crippen LogP) is 6.24. The summed E-state index contributed by atoms with van der Waals surface area (Å²) in [4.78, 5) is 53.1. The summed E-state index contributed by atoms with van der Waals surface area (Å²) in [6.45, 7) is 16.6. The molecule has 5 aromatic carbocycles. The van der Waals surface area contributed by atoms with E-state index in [4.69, 9.17) is 52.5 Å². The van der Waals surface area contributed by atoms with E-state index in [0.717, 1.165) is 4.85 Å². The molecule has 0 aliphatic carbocycles. The maximum absolute atomic E-state index is 12.3. The molecule has 0 saturated heterocycles. The summed E-state index contributed by atoms with van der Waals surface area (Å²) in [5, 5.41) is 50.0. The molecular formula is C43H45Cl2N11O8. The molecule has 64 heavy (non-hydrogen) atoms. The van der Waals surface area contributed by atoms with E-state index < -0.39 is 42.1 Å². The molecule has 0 fully saturated rings. The number of hydrazine groups is 2. The summed E-state index contributed by atoms with van der Waals surface area (Å²) in [5.74, 6) is 2.37. The van der Waals surface area contributed by atoms with Crippen molar-refractivity contribution >= 4 is 80.7 Å². The molecule has 0 spiro atoms. The molecule has 6 rings (SSSR count). The van der Waals surface area contributed by atoms with Crippen molar-refractivity contribution < 1.29 is 39.7 Å². The second-order valence-corrected chi connectivity index (χ2v) is 13.6. The highest BCUT2D eigenvalue weighted by atomic mass is 35.5. The van der Waals surface area contributed by atoms with Crippen molar-refractivity contribution in [3.8, 4) is 0 Å². The topological polar surface area (TPSA) is 275 Å². The fourth-order valence-corrected chi connectivity index (χ4v) is 5.36. The molecule has 334 valence electrons. The third-order valence-corrected chi connectivity index (χ3v) is 8.74. The molecule has 19 nitrogen and oxygen atoms in total. The fourth-order valence-electron chi connectivity index (χ4n) is 4.91. The van der Waals surface area contributed by atoms with E-state index in [-0.39, 0.29) is 29.1 Å². The van der Waals surface area contributed by atoms with Gasteiger partial charge in [-0.25, -0.2) is 20.3 Å². The number of carbonyl (C=O) groups excluding carboxylic acids is 3. The van der Waals surface area contributed by atoms with Gasteiger partial charge in [0.1, 0.15) is 17.1 Å². The minimum absolute atomic E-state index is 0. The number of aliphatic hydroxyl groups is 2. The summed E-state index contributed by atoms with van der Waals surface area (Å²) >= 11 is 11.8. The van der Waals surface area contributed by atoms with Gasteiger partial charge in [-0.15, -0.1) is 5.10 Å². The van der Waals surface area contributed by atoms with Crippen LogP contribution in [0.2, 0.25) is 10.0 Å². The average molecular weight is 915 g/mol. The number of carbonyl (C=O) groups is 4. The Morgan fingerprint density at radius 1 is 0.688 bits per heavy atom. The first kappa shape index (κ1) is 52.4. The highest BCUT2D eigenvalue weighted by molar-refractivity contribution is 6.34. The van der Waals surface area contributed by atoms with Crippen LogP contribution in [0, 0.1) is 13.1 Å². The molecule has 0 unspecified atom stereocenters. The molecule has 0 aliphatic heterocycles. The van der Waals surface area contributed by atoms with E-state index >= 15 is 0 Å². The zero-order valence-electron chi connectivity index (χ0n) is 33.3. The Kier molecular flexibility index (Phi) is 21.7. The quantitative estimate of drug-likeness (QED) is 0.0240. The van der Waals surface area contributed by atoms with Crippen molar-refractivity contribution in [3.05, 3.63) is 165 Å². The molecule has 0 radical (unpaired) electrons. The standard InChI is InChI=1S/C18H17ClN4O3.C11H11ClN2O3.C7H8N2O.C6H5N3O.CH4/c1-11(24)16(21-13-8-9-15(20-2)14(19)10-13)18(26)23-22-17(25)12-6-4-3-5-7-12;1-6(15)10(11(16)17)14-7-3-4-9(13-2)8(12)5-7;8-9-7(10)6-4-2-1-3-5-6;10-9-6-4-2-1-3-5(6)7-8-9;/h3-11,16,21,24H,1H3,(H,22,25)(H,23,26);3-6,10,14-15H,1H3,(H,16,17);1-5H,8H2,(H,9,10);1-4,10H;1H4/t11-,16+;6-,10+;;;/m00.../s1. The number of halogens is 2. The molecule has 0 saturated carbocycles. The molecular weight excluding hydrogens is 869 g/mol. The molecule has 1 heterocycles. The highest BCUT2D eigenvalue weighted by Gasteiger charge is 2.25. The van der Waals surface area contributed by atoms with Gasteiger partial charge >= 0.3 is 5.97 Å². The van der Waals surface area contributed by atoms with Gasteiger partial charge in [-0.2, -0.15) is 0 Å². The first-order valence-corrected chi connectivity index (χ1v) is 19.0. The number of aliphatic hydroxyl groups excluding tert-OH is 2. The lowest BCUT2D eigenvalue weighted by molar-refractivity contribution is -0.140. The van der Waals surface area contributed by atoms with Crippen LogP contribution in [0.5, 0.6) is 0 Å². The minimum Gasteiger partial charge on any atom is -0.480 e. The van der Waals surface area contributed by atoms with Gasteiger partial charge in [0.2, 0.25) is 11.4 Å². The molecule has 0 aliphatic rings. The van der Waals surface area contributed by atoms with Gasteiger partial charge in [0, 0.05) is 32.5 Å². The summed E-state index contributed by atoms with van der Waals surface area (Å²) in [5.41, 5.74) is 10.4. The van der Waals surface area contributed by atoms with Crippen LogP contribution in [-0.4, -0.2) is 83.7 Å². The number of benzene rings is 5. The first-order chi connectivity index (χ1) is 30.1. The van der Waals surface area contributed by atoms with Crippen LogP contribution < -0.4 is 32.8 Å². The number of nitrogens with two attached hydrogens (primary N) is 1. The summed E-state index contributed by atoms with van der Waals surface area (Å²) in [6.07, 6.45) is -2.10. The van der Waals surface area contributed by atoms with Crippen LogP contribution in [0.4, 0.5) is 22.7 Å². The lowest BCUT2D eigenvalue weighted by Crippen LogP contribution is -2.52. The van der Waals surface area contributed by atoms with Crippen LogP contribution in [-0.2, 0) is 9.59 Å². The number of hydrogen-bond donors (Lipinski definition) is 10. The lowest BCUT2D eigenvalue weighted by atomic mass is 10.1. The maximum Gasteiger partial charge on any atom is 0.328 e. The Morgan fingerprint density at radius 2 is 1.14 bits per heavy atom. The zero-order valence-corrected chi connectivity index (χ0v) is 34.9. The SMILES string of the molecule is C.NNC(=O)c1ccccc1.On1nnc2ccccc21.[C-]#[N+]c1ccc(N[C@@H](C(=O)NNC(=O)c2ccccc2)[C@H](C)O)cc1Cl.[C-]#[N+]c1ccc(N[C@@H](C(=O)O)[C@H](C)O)cc1Cl. The number of nitrogens with one attached hydrogen (secondary N) is 5. The maximum atomic E-state index is 12.3. The molecule has 6 aromatic rings. The van der Waals surface area contributed by atoms with Gasteiger partial charge in [-0.05, 0) is 79.7 Å². The van der Waals surface area contributed by atoms with Crippen LogP contribution in [0.1, 0.15) is 42.0 Å². The van der Waals surface area contributed by atoms with E-state index in [9.17, 15) is 29.4 Å². The third kappa shape index (κ3) is 16.2. The lowest BCUT2D eigenvalue weighted by Gasteiger charge is -2.22. The normalized spacial score (nSPS) is 11.6. The average Bonchev–Trinajstić information content (AvgIpc) is 3.67. The van der Waals surface area contributed by atoms with Gasteiger partial charge in [-0.3, -0.25) is 30.7 Å². The summed E-state index contributed by atoms with van der Waals surface area (Å²) in [6, 6.07) is 31.3. The number of nitrogen functional groups attached to an aromatic ring is 1. The Bertz CT molecular complexity index is 2550. The molecule has 3 amide bonds. The number of rotatable bonds is 10. The number of aromatic nitrogens is 3. The Labute approximate surface area is 378 Å². The monoisotopic (exact) mass is 913 g/mol. The van der Waals surface area contributed by atoms with Crippen LogP contribution >= 0.6 is 23.2 Å². The molecule has 11 N–H and O–H groups in total. The number of aliphatic carboxylic acids is 1. The van der Waals surface area contributed by atoms with E-state index in [1.165, 1.54) is 44.2 Å². The Morgan fingerprint density at radius 3 is 1.56 bits per heavy atom. The minimum atomic E-state index is -1.16. The van der Waals surface area contributed by atoms with Crippen molar-refractivity contribution in [2.75, 3.05) is 10.6 Å². The largest absolute Gasteiger partial charge is 0.480 e. The predicted molar refractivity (Wildman–Crippen MR) is 243 cm³/mol. The van der Waals surface area contributed by atoms with E-state index in [1.807, 2.05) is 23.6 Å². The van der Waals surface area contributed by atoms with Crippen LogP contribution in [0.15, 0.2) is 121 Å². The van der Waals surface area contributed by atoms with Gasteiger partial charge < -0.3 is 31.2 Å². The molecule has 0 bridgehead atoms. The van der Waals surface area contributed by atoms with Crippen molar-refractivity contribution in [3.63, 3.8) is 0 Å². The van der Waals surface area contributed by atoms with E-state index in [0.29, 0.717) is 39.2 Å². The molecule has 21 heteroatoms. The van der Waals surface area contributed by atoms with Crippen LogP contribution in [0.3, 0.4) is 0 Å². The van der Waals surface area contributed by atoms with E-state index in [2.05, 4.69) is 41.5 Å². The molecule has 1 aromatic heterocycles. The summed E-state index contributed by atoms with van der Waals surface area (Å²) in [7, 11) is 0.